The Morgan fingerprint density at radius 3 is 2.42 bits per heavy atom. The van der Waals surface area contributed by atoms with E-state index in [-0.39, 0.29) is 0 Å². The van der Waals surface area contributed by atoms with E-state index in [2.05, 4.69) is 30.2 Å². The molecule has 0 spiro atoms. The van der Waals surface area contributed by atoms with Gasteiger partial charge in [0.1, 0.15) is 8.96 Å². The fraction of sp³-hybridized carbons (Fsp3) is 0.800. The second-order valence-corrected chi connectivity index (χ2v) is 6.62. The van der Waals surface area contributed by atoms with Crippen LogP contribution in [0.4, 0.5) is 0 Å². The molecule has 1 rings (SSSR count). The standard InChI is InChI=1S/C10H21NSi/c1-3-5-10-12(4-2)11-8-6-7-9-11/h5,10,12H,3-4,6-9H2,1-2H3. The first-order valence-corrected chi connectivity index (χ1v) is 7.29. The lowest BCUT2D eigenvalue weighted by molar-refractivity contribution is 0.539. The fourth-order valence-electron chi connectivity index (χ4n) is 1.88. The summed E-state index contributed by atoms with van der Waals surface area (Å²) in [5.41, 5.74) is 2.52. The van der Waals surface area contributed by atoms with Gasteiger partial charge in [0.25, 0.3) is 0 Å². The molecule has 1 aliphatic rings. The van der Waals surface area contributed by atoms with Crippen molar-refractivity contribution in [1.82, 2.24) is 4.57 Å². The van der Waals surface area contributed by atoms with E-state index in [0.717, 1.165) is 0 Å². The summed E-state index contributed by atoms with van der Waals surface area (Å²) in [5.74, 6) is 0. The van der Waals surface area contributed by atoms with Gasteiger partial charge in [-0.15, -0.1) is 0 Å². The Hall–Kier alpha value is -0.0831. The molecular weight excluding hydrogens is 162 g/mol. The van der Waals surface area contributed by atoms with Crippen LogP contribution in [-0.4, -0.2) is 26.6 Å². The summed E-state index contributed by atoms with van der Waals surface area (Å²) >= 11 is 0. The van der Waals surface area contributed by atoms with Crippen LogP contribution in [0.3, 0.4) is 0 Å². The van der Waals surface area contributed by atoms with Gasteiger partial charge in [0.2, 0.25) is 0 Å². The lowest BCUT2D eigenvalue weighted by Gasteiger charge is -2.21. The van der Waals surface area contributed by atoms with Crippen molar-refractivity contribution in [3.05, 3.63) is 11.8 Å². The normalized spacial score (nSPS) is 22.2. The number of hydrogen-bond acceptors (Lipinski definition) is 1. The van der Waals surface area contributed by atoms with E-state index in [1.54, 1.807) is 0 Å². The number of rotatable bonds is 4. The molecule has 0 amide bonds. The van der Waals surface area contributed by atoms with Crippen molar-refractivity contribution in [3.63, 3.8) is 0 Å². The highest BCUT2D eigenvalue weighted by Gasteiger charge is 2.18. The quantitative estimate of drug-likeness (QED) is 0.605. The van der Waals surface area contributed by atoms with E-state index in [0.29, 0.717) is 0 Å². The lowest BCUT2D eigenvalue weighted by Crippen LogP contribution is -2.34. The average molecular weight is 183 g/mol. The van der Waals surface area contributed by atoms with Gasteiger partial charge in [0.15, 0.2) is 0 Å². The molecule has 0 radical (unpaired) electrons. The van der Waals surface area contributed by atoms with E-state index in [1.807, 2.05) is 0 Å². The predicted molar refractivity (Wildman–Crippen MR) is 57.9 cm³/mol. The third kappa shape index (κ3) is 2.76. The number of hydrogen-bond donors (Lipinski definition) is 0. The smallest absolute Gasteiger partial charge is 0.135 e. The van der Waals surface area contributed by atoms with E-state index in [4.69, 9.17) is 0 Å². The summed E-state index contributed by atoms with van der Waals surface area (Å²) in [6.07, 6.45) is 6.43. The van der Waals surface area contributed by atoms with Gasteiger partial charge in [-0.1, -0.05) is 25.6 Å². The third-order valence-corrected chi connectivity index (χ3v) is 5.63. The van der Waals surface area contributed by atoms with E-state index < -0.39 is 8.96 Å². The highest BCUT2D eigenvalue weighted by molar-refractivity contribution is 6.61. The Labute approximate surface area is 78.1 Å². The highest BCUT2D eigenvalue weighted by atomic mass is 28.3. The molecule has 0 aliphatic carbocycles. The van der Waals surface area contributed by atoms with Crippen LogP contribution in [0.2, 0.25) is 6.04 Å². The first-order valence-electron chi connectivity index (χ1n) is 5.29. The van der Waals surface area contributed by atoms with Crippen LogP contribution >= 0.6 is 0 Å². The Kier molecular flexibility index (Phi) is 4.62. The molecule has 1 fully saturated rings. The van der Waals surface area contributed by atoms with E-state index >= 15 is 0 Å². The zero-order chi connectivity index (χ0) is 8.81. The molecule has 12 heavy (non-hydrogen) atoms. The van der Waals surface area contributed by atoms with Crippen molar-refractivity contribution < 1.29 is 0 Å². The summed E-state index contributed by atoms with van der Waals surface area (Å²) < 4.78 is 2.74. The maximum atomic E-state index is 2.74. The SMILES string of the molecule is CCC=C[SiH](CC)N1CCCC1. The predicted octanol–water partition coefficient (Wildman–Crippen LogP) is 2.33. The van der Waals surface area contributed by atoms with Gasteiger partial charge in [0, 0.05) is 0 Å². The summed E-state index contributed by atoms with van der Waals surface area (Å²) in [7, 11) is -0.630. The molecular formula is C10H21NSi. The molecule has 0 aromatic carbocycles. The maximum absolute atomic E-state index is 2.74. The minimum atomic E-state index is -0.630. The summed E-state index contributed by atoms with van der Waals surface area (Å²) in [4.78, 5) is 0. The number of nitrogens with zero attached hydrogens (tertiary/aromatic N) is 1. The van der Waals surface area contributed by atoms with E-state index in [9.17, 15) is 0 Å². The molecule has 1 aliphatic heterocycles. The van der Waals surface area contributed by atoms with Crippen LogP contribution in [0.25, 0.3) is 0 Å². The molecule has 0 aromatic rings. The Morgan fingerprint density at radius 2 is 1.92 bits per heavy atom. The van der Waals surface area contributed by atoms with Gasteiger partial charge in [-0.2, -0.15) is 0 Å². The van der Waals surface area contributed by atoms with Gasteiger partial charge in [0.05, 0.1) is 0 Å². The van der Waals surface area contributed by atoms with Gasteiger partial charge >= 0.3 is 0 Å². The van der Waals surface area contributed by atoms with Crippen LogP contribution in [0, 0.1) is 0 Å². The zero-order valence-electron chi connectivity index (χ0n) is 8.42. The van der Waals surface area contributed by atoms with E-state index in [1.165, 1.54) is 38.4 Å². The van der Waals surface area contributed by atoms with Crippen LogP contribution in [0.1, 0.15) is 33.1 Å². The Bertz CT molecular complexity index is 139. The monoisotopic (exact) mass is 183 g/mol. The topological polar surface area (TPSA) is 3.24 Å². The van der Waals surface area contributed by atoms with Crippen molar-refractivity contribution in [3.8, 4) is 0 Å². The van der Waals surface area contributed by atoms with Crippen molar-refractivity contribution >= 4 is 8.96 Å². The van der Waals surface area contributed by atoms with Gasteiger partial charge < -0.3 is 4.57 Å². The van der Waals surface area contributed by atoms with Crippen molar-refractivity contribution in [1.29, 1.82) is 0 Å². The van der Waals surface area contributed by atoms with Crippen molar-refractivity contribution in [2.24, 2.45) is 0 Å². The molecule has 1 atom stereocenters. The molecule has 0 saturated carbocycles. The zero-order valence-corrected chi connectivity index (χ0v) is 9.58. The second-order valence-electron chi connectivity index (χ2n) is 3.56. The Balaban J connectivity index is 2.37. The first kappa shape index (κ1) is 10.0. The molecule has 0 bridgehead atoms. The van der Waals surface area contributed by atoms with Crippen LogP contribution < -0.4 is 0 Å². The minimum Gasteiger partial charge on any atom is -0.323 e. The van der Waals surface area contributed by atoms with Gasteiger partial charge in [-0.3, -0.25) is 0 Å². The molecule has 1 saturated heterocycles. The van der Waals surface area contributed by atoms with Gasteiger partial charge in [-0.25, -0.2) is 0 Å². The molecule has 70 valence electrons. The highest BCUT2D eigenvalue weighted by Crippen LogP contribution is 2.12. The Morgan fingerprint density at radius 1 is 1.25 bits per heavy atom. The molecule has 1 nitrogen and oxygen atoms in total. The van der Waals surface area contributed by atoms with Gasteiger partial charge in [-0.05, 0) is 38.4 Å². The first-order chi connectivity index (χ1) is 5.88. The number of allylic oxidation sites excluding steroid dienone is 1. The van der Waals surface area contributed by atoms with Crippen molar-refractivity contribution in [2.75, 3.05) is 13.1 Å². The minimum absolute atomic E-state index is 0.630. The van der Waals surface area contributed by atoms with Crippen LogP contribution in [0.5, 0.6) is 0 Å². The second kappa shape index (κ2) is 5.54. The molecule has 1 heterocycles. The van der Waals surface area contributed by atoms with Crippen LogP contribution in [-0.2, 0) is 0 Å². The van der Waals surface area contributed by atoms with Crippen molar-refractivity contribution in [2.45, 2.75) is 39.2 Å². The fourth-order valence-corrected chi connectivity index (χ4v) is 4.53. The largest absolute Gasteiger partial charge is 0.323 e. The summed E-state index contributed by atoms with van der Waals surface area (Å²) in [6.45, 7) is 7.31. The summed E-state index contributed by atoms with van der Waals surface area (Å²) in [6, 6.07) is 1.40. The lowest BCUT2D eigenvalue weighted by atomic mass is 10.4. The third-order valence-electron chi connectivity index (χ3n) is 2.62. The molecule has 0 N–H and O–H groups in total. The molecule has 0 aromatic heterocycles. The summed E-state index contributed by atoms with van der Waals surface area (Å²) in [5, 5.41) is 0. The van der Waals surface area contributed by atoms with Crippen LogP contribution in [0.15, 0.2) is 11.8 Å². The molecule has 1 unspecified atom stereocenters. The molecule has 2 heteroatoms. The average Bonchev–Trinajstić information content (AvgIpc) is 2.59. The maximum Gasteiger partial charge on any atom is 0.135 e.